The highest BCUT2D eigenvalue weighted by Crippen LogP contribution is 2.42. The minimum Gasteiger partial charge on any atom is -0.508 e. The van der Waals surface area contributed by atoms with E-state index in [0.29, 0.717) is 12.2 Å². The molecule has 0 unspecified atom stereocenters. The highest BCUT2D eigenvalue weighted by atomic mass is 16.5. The van der Waals surface area contributed by atoms with Gasteiger partial charge >= 0.3 is 0 Å². The summed E-state index contributed by atoms with van der Waals surface area (Å²) in [6, 6.07) is 7.07. The van der Waals surface area contributed by atoms with Crippen LogP contribution in [0.2, 0.25) is 0 Å². The first-order chi connectivity index (χ1) is 9.45. The predicted molar refractivity (Wildman–Crippen MR) is 77.6 cm³/mol. The van der Waals surface area contributed by atoms with Crippen LogP contribution in [-0.4, -0.2) is 29.8 Å². The summed E-state index contributed by atoms with van der Waals surface area (Å²) >= 11 is 0. The van der Waals surface area contributed by atoms with Crippen molar-refractivity contribution in [1.29, 1.82) is 0 Å². The molecule has 2 rings (SSSR count). The highest BCUT2D eigenvalue weighted by Gasteiger charge is 2.49. The molecule has 4 heteroatoms. The molecule has 4 nitrogen and oxygen atoms in total. The van der Waals surface area contributed by atoms with Crippen molar-refractivity contribution < 1.29 is 14.6 Å². The van der Waals surface area contributed by atoms with Gasteiger partial charge in [-0.05, 0) is 19.4 Å². The van der Waals surface area contributed by atoms with E-state index in [1.165, 1.54) is 0 Å². The van der Waals surface area contributed by atoms with Gasteiger partial charge in [-0.15, -0.1) is 0 Å². The second kappa shape index (κ2) is 5.83. The summed E-state index contributed by atoms with van der Waals surface area (Å²) in [5.41, 5.74) is 0.619. The Hall–Kier alpha value is -1.55. The summed E-state index contributed by atoms with van der Waals surface area (Å²) in [5, 5.41) is 12.7. The van der Waals surface area contributed by atoms with Gasteiger partial charge in [0.15, 0.2) is 0 Å². The van der Waals surface area contributed by atoms with Crippen LogP contribution in [0.25, 0.3) is 0 Å². The average Bonchev–Trinajstić information content (AvgIpc) is 2.40. The van der Waals surface area contributed by atoms with Gasteiger partial charge in [-0.25, -0.2) is 0 Å². The Kier molecular flexibility index (Phi) is 4.33. The molecule has 110 valence electrons. The molecule has 0 saturated heterocycles. The molecular formula is C16H23NO3. The van der Waals surface area contributed by atoms with Crippen LogP contribution in [0.15, 0.2) is 24.3 Å². The van der Waals surface area contributed by atoms with Crippen LogP contribution in [0.4, 0.5) is 0 Å². The number of nitrogens with one attached hydrogen (secondary N) is 1. The largest absolute Gasteiger partial charge is 0.508 e. The van der Waals surface area contributed by atoms with Gasteiger partial charge in [0.1, 0.15) is 5.75 Å². The second-order valence-electron chi connectivity index (χ2n) is 5.93. The summed E-state index contributed by atoms with van der Waals surface area (Å²) < 4.78 is 5.65. The molecule has 1 saturated carbocycles. The maximum absolute atomic E-state index is 12.1. The molecule has 0 heterocycles. The van der Waals surface area contributed by atoms with E-state index in [-0.39, 0.29) is 35.6 Å². The van der Waals surface area contributed by atoms with Crippen molar-refractivity contribution in [3.8, 4) is 5.75 Å². The molecule has 1 amide bonds. The van der Waals surface area contributed by atoms with Crippen molar-refractivity contribution in [2.45, 2.75) is 45.8 Å². The Bertz CT molecular complexity index is 484. The Morgan fingerprint density at radius 3 is 2.75 bits per heavy atom. The van der Waals surface area contributed by atoms with E-state index >= 15 is 0 Å². The number of phenols is 1. The van der Waals surface area contributed by atoms with Crippen LogP contribution in [0.5, 0.6) is 5.75 Å². The van der Waals surface area contributed by atoms with Gasteiger partial charge in [-0.3, -0.25) is 4.79 Å². The van der Waals surface area contributed by atoms with Gasteiger partial charge in [-0.2, -0.15) is 0 Å². The summed E-state index contributed by atoms with van der Waals surface area (Å²) in [5.74, 6) is 0.113. The van der Waals surface area contributed by atoms with E-state index in [4.69, 9.17) is 4.74 Å². The molecule has 1 fully saturated rings. The monoisotopic (exact) mass is 277 g/mol. The summed E-state index contributed by atoms with van der Waals surface area (Å²) in [6.07, 6.45) is 1.27. The molecule has 0 spiro atoms. The molecule has 0 aromatic heterocycles. The number of ether oxygens (including phenoxy) is 1. The van der Waals surface area contributed by atoms with E-state index in [0.717, 1.165) is 6.42 Å². The van der Waals surface area contributed by atoms with Crippen molar-refractivity contribution in [1.82, 2.24) is 5.32 Å². The third-order valence-electron chi connectivity index (χ3n) is 4.22. The number of aromatic hydroxyl groups is 1. The molecule has 2 N–H and O–H groups in total. The molecule has 20 heavy (non-hydrogen) atoms. The predicted octanol–water partition coefficient (Wildman–Crippen LogP) is 2.25. The molecule has 1 aliphatic rings. The lowest BCUT2D eigenvalue weighted by atomic mass is 9.64. The molecule has 1 aromatic rings. The Morgan fingerprint density at radius 2 is 2.15 bits per heavy atom. The summed E-state index contributed by atoms with van der Waals surface area (Å²) in [4.78, 5) is 12.1. The summed E-state index contributed by atoms with van der Waals surface area (Å²) in [6.45, 7) is 6.91. The maximum atomic E-state index is 12.1. The van der Waals surface area contributed by atoms with Crippen molar-refractivity contribution in [3.63, 3.8) is 0 Å². The number of benzene rings is 1. The lowest BCUT2D eigenvalue weighted by Gasteiger charge is -2.51. The third kappa shape index (κ3) is 2.96. The van der Waals surface area contributed by atoms with E-state index in [9.17, 15) is 9.90 Å². The fraction of sp³-hybridized carbons (Fsp3) is 0.562. The summed E-state index contributed by atoms with van der Waals surface area (Å²) in [7, 11) is 0. The average molecular weight is 277 g/mol. The fourth-order valence-electron chi connectivity index (χ4n) is 2.69. The smallest absolute Gasteiger partial charge is 0.224 e. The van der Waals surface area contributed by atoms with Crippen molar-refractivity contribution in [2.75, 3.05) is 6.61 Å². The molecule has 1 aliphatic carbocycles. The standard InChI is InChI=1S/C16H23NO3/c1-4-20-14-10-13(16(14,2)3)17-15(19)9-11-7-5-6-8-12(11)18/h5-8,13-14,18H,4,9-10H2,1-3H3,(H,17,19)/t13-,14-/m1/s1. The SMILES string of the molecule is CCO[C@@H]1C[C@@H](NC(=O)Cc2ccccc2O)C1(C)C. The number of carbonyl (C=O) groups excluding carboxylic acids is 1. The number of hydrogen-bond donors (Lipinski definition) is 2. The first kappa shape index (κ1) is 14.9. The Labute approximate surface area is 120 Å². The Balaban J connectivity index is 1.89. The number of para-hydroxylation sites is 1. The minimum absolute atomic E-state index is 0.0373. The van der Waals surface area contributed by atoms with E-state index in [1.54, 1.807) is 18.2 Å². The van der Waals surface area contributed by atoms with Gasteiger partial charge in [0.2, 0.25) is 5.91 Å². The first-order valence-electron chi connectivity index (χ1n) is 7.13. The lowest BCUT2D eigenvalue weighted by Crippen LogP contribution is -2.62. The Morgan fingerprint density at radius 1 is 1.45 bits per heavy atom. The highest BCUT2D eigenvalue weighted by molar-refractivity contribution is 5.79. The van der Waals surface area contributed by atoms with Gasteiger partial charge in [0, 0.05) is 23.6 Å². The zero-order chi connectivity index (χ0) is 14.8. The number of phenolic OH excluding ortho intramolecular Hbond substituents is 1. The third-order valence-corrected chi connectivity index (χ3v) is 4.22. The van der Waals surface area contributed by atoms with Crippen molar-refractivity contribution in [2.24, 2.45) is 5.41 Å². The number of rotatable bonds is 5. The molecule has 2 atom stereocenters. The second-order valence-corrected chi connectivity index (χ2v) is 5.93. The van der Waals surface area contributed by atoms with E-state index in [1.807, 2.05) is 13.0 Å². The molecule has 1 aromatic carbocycles. The first-order valence-corrected chi connectivity index (χ1v) is 7.13. The van der Waals surface area contributed by atoms with Crippen LogP contribution >= 0.6 is 0 Å². The molecule has 0 radical (unpaired) electrons. The lowest BCUT2D eigenvalue weighted by molar-refractivity contribution is -0.136. The van der Waals surface area contributed by atoms with Crippen LogP contribution in [-0.2, 0) is 16.0 Å². The topological polar surface area (TPSA) is 58.6 Å². The van der Waals surface area contributed by atoms with Gasteiger partial charge < -0.3 is 15.2 Å². The molecule has 0 bridgehead atoms. The van der Waals surface area contributed by atoms with Crippen LogP contribution in [0.3, 0.4) is 0 Å². The van der Waals surface area contributed by atoms with Gasteiger partial charge in [0.05, 0.1) is 12.5 Å². The quantitative estimate of drug-likeness (QED) is 0.868. The van der Waals surface area contributed by atoms with Crippen LogP contribution < -0.4 is 5.32 Å². The van der Waals surface area contributed by atoms with Gasteiger partial charge in [-0.1, -0.05) is 32.0 Å². The number of amides is 1. The van der Waals surface area contributed by atoms with Crippen LogP contribution in [0, 0.1) is 5.41 Å². The zero-order valence-corrected chi connectivity index (χ0v) is 12.3. The van der Waals surface area contributed by atoms with Gasteiger partial charge in [0.25, 0.3) is 0 Å². The van der Waals surface area contributed by atoms with E-state index in [2.05, 4.69) is 19.2 Å². The number of carbonyl (C=O) groups is 1. The molecular weight excluding hydrogens is 254 g/mol. The van der Waals surface area contributed by atoms with E-state index < -0.39 is 0 Å². The van der Waals surface area contributed by atoms with Crippen molar-refractivity contribution in [3.05, 3.63) is 29.8 Å². The normalized spacial score (nSPS) is 23.9. The fourth-order valence-corrected chi connectivity index (χ4v) is 2.69. The maximum Gasteiger partial charge on any atom is 0.224 e. The zero-order valence-electron chi connectivity index (χ0n) is 12.3. The van der Waals surface area contributed by atoms with Crippen LogP contribution in [0.1, 0.15) is 32.8 Å². The number of hydrogen-bond acceptors (Lipinski definition) is 3. The van der Waals surface area contributed by atoms with Crippen molar-refractivity contribution >= 4 is 5.91 Å². The molecule has 0 aliphatic heterocycles. The minimum atomic E-state index is -0.0560.